The Morgan fingerprint density at radius 1 is 1.10 bits per heavy atom. The molecule has 0 spiro atoms. The lowest BCUT2D eigenvalue weighted by molar-refractivity contribution is 0.416. The molecule has 0 bridgehead atoms. The van der Waals surface area contributed by atoms with Crippen molar-refractivity contribution in [1.82, 2.24) is 0 Å². The maximum absolute atomic E-state index is 8.63. The van der Waals surface area contributed by atoms with Gasteiger partial charge in [0.05, 0.1) is 12.8 Å². The van der Waals surface area contributed by atoms with E-state index in [1.54, 1.807) is 31.4 Å². The van der Waals surface area contributed by atoms with Crippen molar-refractivity contribution < 1.29 is 4.74 Å². The standard InChI is InChI=1S/C16H12N4O/c1-21-16-9-13(19-20-14(10-17)11-18)7-8-15(16)12-5-3-2-4-6-12/h2-9,19H,1H3. The Morgan fingerprint density at radius 3 is 2.43 bits per heavy atom. The van der Waals surface area contributed by atoms with Crippen molar-refractivity contribution in [2.24, 2.45) is 5.10 Å². The minimum absolute atomic E-state index is 0.235. The van der Waals surface area contributed by atoms with Crippen LogP contribution in [0.4, 0.5) is 5.69 Å². The van der Waals surface area contributed by atoms with E-state index in [0.717, 1.165) is 11.1 Å². The Balaban J connectivity index is 2.32. The molecule has 0 radical (unpaired) electrons. The summed E-state index contributed by atoms with van der Waals surface area (Å²) in [5.74, 6) is 0.678. The molecule has 0 aromatic heterocycles. The molecule has 21 heavy (non-hydrogen) atoms. The summed E-state index contributed by atoms with van der Waals surface area (Å²) < 4.78 is 5.38. The Morgan fingerprint density at radius 2 is 1.81 bits per heavy atom. The van der Waals surface area contributed by atoms with Crippen LogP contribution in [0, 0.1) is 22.7 Å². The van der Waals surface area contributed by atoms with Gasteiger partial charge in [-0.15, -0.1) is 0 Å². The lowest BCUT2D eigenvalue weighted by Crippen LogP contribution is -1.97. The summed E-state index contributed by atoms with van der Waals surface area (Å²) in [6.07, 6.45) is 0. The van der Waals surface area contributed by atoms with Gasteiger partial charge in [-0.25, -0.2) is 0 Å². The minimum Gasteiger partial charge on any atom is -0.496 e. The predicted octanol–water partition coefficient (Wildman–Crippen LogP) is 3.18. The van der Waals surface area contributed by atoms with Crippen molar-refractivity contribution in [2.45, 2.75) is 0 Å². The molecule has 0 heterocycles. The van der Waals surface area contributed by atoms with Gasteiger partial charge in [-0.05, 0) is 17.7 Å². The van der Waals surface area contributed by atoms with Crippen LogP contribution in [0.5, 0.6) is 5.75 Å². The molecule has 2 aromatic rings. The van der Waals surface area contributed by atoms with Gasteiger partial charge in [-0.2, -0.15) is 15.6 Å². The summed E-state index contributed by atoms with van der Waals surface area (Å²) in [5.41, 5.74) is 5.05. The zero-order valence-corrected chi connectivity index (χ0v) is 11.4. The number of anilines is 1. The smallest absolute Gasteiger partial charge is 0.237 e. The maximum atomic E-state index is 8.63. The summed E-state index contributed by atoms with van der Waals surface area (Å²) in [6, 6.07) is 18.7. The third-order valence-corrected chi connectivity index (χ3v) is 2.79. The van der Waals surface area contributed by atoms with E-state index in [4.69, 9.17) is 15.3 Å². The third-order valence-electron chi connectivity index (χ3n) is 2.79. The number of nitrogens with zero attached hydrogens (tertiary/aromatic N) is 3. The number of methoxy groups -OCH3 is 1. The molecule has 0 aliphatic rings. The highest BCUT2D eigenvalue weighted by atomic mass is 16.5. The fourth-order valence-corrected chi connectivity index (χ4v) is 1.81. The first-order valence-electron chi connectivity index (χ1n) is 6.16. The highest BCUT2D eigenvalue weighted by molar-refractivity contribution is 6.10. The van der Waals surface area contributed by atoms with Gasteiger partial charge in [0.25, 0.3) is 0 Å². The van der Waals surface area contributed by atoms with Crippen LogP contribution in [0.1, 0.15) is 0 Å². The zero-order chi connectivity index (χ0) is 15.1. The van der Waals surface area contributed by atoms with Gasteiger partial charge >= 0.3 is 0 Å². The van der Waals surface area contributed by atoms with Crippen molar-refractivity contribution in [1.29, 1.82) is 10.5 Å². The van der Waals surface area contributed by atoms with Crippen LogP contribution >= 0.6 is 0 Å². The van der Waals surface area contributed by atoms with E-state index in [-0.39, 0.29) is 5.71 Å². The van der Waals surface area contributed by atoms with Crippen LogP contribution in [0.15, 0.2) is 53.6 Å². The molecule has 0 saturated carbocycles. The Kier molecular flexibility index (Phi) is 4.53. The Hall–Kier alpha value is -3.31. The molecule has 2 rings (SSSR count). The van der Waals surface area contributed by atoms with Crippen LogP contribution < -0.4 is 10.2 Å². The van der Waals surface area contributed by atoms with Gasteiger partial charge in [0.2, 0.25) is 5.71 Å². The van der Waals surface area contributed by atoms with Crippen molar-refractivity contribution in [3.63, 3.8) is 0 Å². The fraction of sp³-hybridized carbons (Fsp3) is 0.0625. The molecule has 1 N–H and O–H groups in total. The number of benzene rings is 2. The molecule has 0 amide bonds. The minimum atomic E-state index is -0.235. The monoisotopic (exact) mass is 276 g/mol. The van der Waals surface area contributed by atoms with E-state index in [9.17, 15) is 0 Å². The molecule has 0 saturated heterocycles. The summed E-state index contributed by atoms with van der Waals surface area (Å²) in [7, 11) is 1.59. The number of hydrogen-bond donors (Lipinski definition) is 1. The molecule has 0 atom stereocenters. The van der Waals surface area contributed by atoms with E-state index in [0.29, 0.717) is 11.4 Å². The number of nitriles is 2. The molecule has 0 unspecified atom stereocenters. The van der Waals surface area contributed by atoms with Crippen molar-refractivity contribution >= 4 is 11.4 Å². The molecule has 0 fully saturated rings. The molecule has 2 aromatic carbocycles. The summed E-state index contributed by atoms with van der Waals surface area (Å²) in [6.45, 7) is 0. The second-order valence-corrected chi connectivity index (χ2v) is 4.08. The second kappa shape index (κ2) is 6.74. The van der Waals surface area contributed by atoms with Crippen LogP contribution in [0.2, 0.25) is 0 Å². The lowest BCUT2D eigenvalue weighted by Gasteiger charge is -2.10. The van der Waals surface area contributed by atoms with E-state index >= 15 is 0 Å². The molecular weight excluding hydrogens is 264 g/mol. The normalized spacial score (nSPS) is 9.10. The van der Waals surface area contributed by atoms with Gasteiger partial charge in [0.15, 0.2) is 0 Å². The van der Waals surface area contributed by atoms with E-state index in [1.807, 2.05) is 36.4 Å². The van der Waals surface area contributed by atoms with Crippen LogP contribution in [0.3, 0.4) is 0 Å². The topological polar surface area (TPSA) is 81.2 Å². The third kappa shape index (κ3) is 3.37. The summed E-state index contributed by atoms with van der Waals surface area (Å²) >= 11 is 0. The Bertz CT molecular complexity index is 723. The van der Waals surface area contributed by atoms with Crippen LogP contribution in [-0.2, 0) is 0 Å². The molecule has 0 aliphatic heterocycles. The van der Waals surface area contributed by atoms with Crippen LogP contribution in [-0.4, -0.2) is 12.8 Å². The fourth-order valence-electron chi connectivity index (χ4n) is 1.81. The number of rotatable bonds is 4. The van der Waals surface area contributed by atoms with E-state index in [2.05, 4.69) is 10.5 Å². The zero-order valence-electron chi connectivity index (χ0n) is 11.4. The predicted molar refractivity (Wildman–Crippen MR) is 80.7 cm³/mol. The van der Waals surface area contributed by atoms with Gasteiger partial charge < -0.3 is 4.74 Å². The van der Waals surface area contributed by atoms with Gasteiger partial charge in [0, 0.05) is 11.6 Å². The largest absolute Gasteiger partial charge is 0.496 e. The second-order valence-electron chi connectivity index (χ2n) is 4.08. The molecule has 5 heteroatoms. The summed E-state index contributed by atoms with van der Waals surface area (Å²) in [5, 5.41) is 21.0. The number of hydrogen-bond acceptors (Lipinski definition) is 5. The lowest BCUT2D eigenvalue weighted by atomic mass is 10.0. The SMILES string of the molecule is COc1cc(NN=C(C#N)C#N)ccc1-c1ccccc1. The average Bonchev–Trinajstić information content (AvgIpc) is 2.56. The number of nitrogens with one attached hydrogen (secondary N) is 1. The number of hydrazone groups is 1. The molecule has 0 aliphatic carbocycles. The highest BCUT2D eigenvalue weighted by Gasteiger charge is 2.06. The maximum Gasteiger partial charge on any atom is 0.237 e. The first-order valence-corrected chi connectivity index (χ1v) is 6.16. The Labute approximate surface area is 122 Å². The first-order chi connectivity index (χ1) is 10.3. The molecule has 5 nitrogen and oxygen atoms in total. The van der Waals surface area contributed by atoms with Crippen molar-refractivity contribution in [3.05, 3.63) is 48.5 Å². The van der Waals surface area contributed by atoms with Crippen LogP contribution in [0.25, 0.3) is 11.1 Å². The molecular formula is C16H12N4O. The summed E-state index contributed by atoms with van der Waals surface area (Å²) in [4.78, 5) is 0. The number of ether oxygens (including phenoxy) is 1. The quantitative estimate of drug-likeness (QED) is 0.687. The van der Waals surface area contributed by atoms with E-state index < -0.39 is 0 Å². The average molecular weight is 276 g/mol. The first kappa shape index (κ1) is 14.1. The molecule has 102 valence electrons. The van der Waals surface area contributed by atoms with E-state index in [1.165, 1.54) is 0 Å². The van der Waals surface area contributed by atoms with Crippen molar-refractivity contribution in [3.8, 4) is 29.0 Å². The van der Waals surface area contributed by atoms with Gasteiger partial charge in [0.1, 0.15) is 17.9 Å². The highest BCUT2D eigenvalue weighted by Crippen LogP contribution is 2.32. The van der Waals surface area contributed by atoms with Crippen molar-refractivity contribution in [2.75, 3.05) is 12.5 Å². The van der Waals surface area contributed by atoms with Gasteiger partial charge in [-0.3, -0.25) is 5.43 Å². The van der Waals surface area contributed by atoms with Gasteiger partial charge in [-0.1, -0.05) is 30.3 Å².